The highest BCUT2D eigenvalue weighted by atomic mass is 32.2. The summed E-state index contributed by atoms with van der Waals surface area (Å²) < 4.78 is 0. The molecule has 0 rings (SSSR count). The van der Waals surface area contributed by atoms with Gasteiger partial charge in [-0.1, -0.05) is 23.7 Å². The first kappa shape index (κ1) is 10.4. The van der Waals surface area contributed by atoms with Crippen molar-refractivity contribution in [3.63, 3.8) is 0 Å². The van der Waals surface area contributed by atoms with Crippen LogP contribution in [0.15, 0.2) is 0 Å². The van der Waals surface area contributed by atoms with Crippen molar-refractivity contribution in [2.75, 3.05) is 24.7 Å². The maximum Gasteiger partial charge on any atom is 0.104 e. The third kappa shape index (κ3) is 9.39. The smallest absolute Gasteiger partial charge is 0.104 e. The molecule has 11 heavy (non-hydrogen) atoms. The molecule has 2 N–H and O–H groups in total. The predicted octanol–water partition coefficient (Wildman–Crippen LogP) is -0.289. The second-order valence-electron chi connectivity index (χ2n) is 1.52. The topological polar surface area (TPSA) is 40.5 Å². The van der Waals surface area contributed by atoms with Crippen LogP contribution < -0.4 is 0 Å². The zero-order valence-electron chi connectivity index (χ0n) is 6.13. The monoisotopic (exact) mass is 170 g/mol. The van der Waals surface area contributed by atoms with E-state index < -0.39 is 0 Å². The summed E-state index contributed by atoms with van der Waals surface area (Å²) in [5, 5.41) is 16.5. The normalized spacial score (nSPS) is 7.45. The van der Waals surface area contributed by atoms with Gasteiger partial charge in [0.2, 0.25) is 0 Å². The summed E-state index contributed by atoms with van der Waals surface area (Å²) in [5.74, 6) is 11.9. The van der Waals surface area contributed by atoms with Crippen molar-refractivity contribution in [2.24, 2.45) is 0 Å². The Balaban J connectivity index is 3.14. The van der Waals surface area contributed by atoms with E-state index in [1.807, 2.05) is 0 Å². The van der Waals surface area contributed by atoms with E-state index in [0.29, 0.717) is 11.5 Å². The molecule has 2 nitrogen and oxygen atoms in total. The highest BCUT2D eigenvalue weighted by Crippen LogP contribution is 1.94. The fraction of sp³-hybridized carbons (Fsp3) is 0.500. The average Bonchev–Trinajstić information content (AvgIpc) is 2.03. The lowest BCUT2D eigenvalue weighted by atomic mass is 10.6. The van der Waals surface area contributed by atoms with Gasteiger partial charge in [0.1, 0.15) is 13.2 Å². The molecule has 0 heterocycles. The van der Waals surface area contributed by atoms with Gasteiger partial charge < -0.3 is 10.2 Å². The van der Waals surface area contributed by atoms with Crippen molar-refractivity contribution < 1.29 is 10.2 Å². The summed E-state index contributed by atoms with van der Waals surface area (Å²) in [6.07, 6.45) is 0. The predicted molar refractivity (Wildman–Crippen MR) is 47.0 cm³/mol. The summed E-state index contributed by atoms with van der Waals surface area (Å²) in [5.41, 5.74) is 0. The summed E-state index contributed by atoms with van der Waals surface area (Å²) in [4.78, 5) is 0. The van der Waals surface area contributed by atoms with Crippen molar-refractivity contribution in [1.29, 1.82) is 0 Å². The molecule has 0 aromatic carbocycles. The maximum atomic E-state index is 8.26. The van der Waals surface area contributed by atoms with Gasteiger partial charge in [0.25, 0.3) is 0 Å². The van der Waals surface area contributed by atoms with Crippen molar-refractivity contribution in [3.05, 3.63) is 0 Å². The number of rotatable bonds is 2. The van der Waals surface area contributed by atoms with Crippen LogP contribution in [0.25, 0.3) is 0 Å². The standard InChI is InChI=1S/C8H10O2S/c9-5-1-3-7-11-8-4-2-6-10/h9-10H,5-8H2. The van der Waals surface area contributed by atoms with Crippen LogP contribution in [0.2, 0.25) is 0 Å². The Hall–Kier alpha value is -0.610. The van der Waals surface area contributed by atoms with Crippen molar-refractivity contribution in [2.45, 2.75) is 0 Å². The number of hydrogen-bond acceptors (Lipinski definition) is 3. The quantitative estimate of drug-likeness (QED) is 0.442. The van der Waals surface area contributed by atoms with Crippen LogP contribution in [0.3, 0.4) is 0 Å². The maximum absolute atomic E-state index is 8.26. The molecule has 0 aromatic rings. The first-order valence-corrected chi connectivity index (χ1v) is 4.28. The van der Waals surface area contributed by atoms with Crippen molar-refractivity contribution in [3.8, 4) is 23.7 Å². The zero-order chi connectivity index (χ0) is 8.36. The van der Waals surface area contributed by atoms with Crippen LogP contribution in [0, 0.1) is 23.7 Å². The molecule has 0 aliphatic carbocycles. The highest BCUT2D eigenvalue weighted by Gasteiger charge is 1.77. The second-order valence-corrected chi connectivity index (χ2v) is 2.50. The second kappa shape index (κ2) is 9.39. The average molecular weight is 170 g/mol. The van der Waals surface area contributed by atoms with Gasteiger partial charge in [-0.05, 0) is 0 Å². The van der Waals surface area contributed by atoms with Gasteiger partial charge in [0.15, 0.2) is 0 Å². The fourth-order valence-electron chi connectivity index (χ4n) is 0.367. The van der Waals surface area contributed by atoms with Gasteiger partial charge in [-0.25, -0.2) is 0 Å². The molecule has 0 atom stereocenters. The third-order valence-corrected chi connectivity index (χ3v) is 1.45. The van der Waals surface area contributed by atoms with Crippen LogP contribution in [-0.2, 0) is 0 Å². The molecule has 0 aromatic heterocycles. The Morgan fingerprint density at radius 2 is 1.27 bits per heavy atom. The molecule has 0 bridgehead atoms. The van der Waals surface area contributed by atoms with E-state index in [1.165, 1.54) is 0 Å². The van der Waals surface area contributed by atoms with Crippen molar-refractivity contribution >= 4 is 11.8 Å². The molecule has 0 amide bonds. The highest BCUT2D eigenvalue weighted by molar-refractivity contribution is 7.99. The number of aliphatic hydroxyl groups excluding tert-OH is 2. The van der Waals surface area contributed by atoms with Gasteiger partial charge in [-0.15, -0.1) is 11.8 Å². The van der Waals surface area contributed by atoms with Gasteiger partial charge in [-0.3, -0.25) is 0 Å². The summed E-state index contributed by atoms with van der Waals surface area (Å²) in [6.45, 7) is -0.161. The number of thioether (sulfide) groups is 1. The summed E-state index contributed by atoms with van der Waals surface area (Å²) in [6, 6.07) is 0. The van der Waals surface area contributed by atoms with E-state index in [1.54, 1.807) is 11.8 Å². The SMILES string of the molecule is OCC#CCSCC#CCO. The molecule has 0 radical (unpaired) electrons. The van der Waals surface area contributed by atoms with E-state index in [0.717, 1.165) is 0 Å². The molecule has 0 saturated carbocycles. The zero-order valence-corrected chi connectivity index (χ0v) is 6.95. The fourth-order valence-corrected chi connectivity index (χ4v) is 0.877. The van der Waals surface area contributed by atoms with E-state index in [-0.39, 0.29) is 13.2 Å². The molecule has 0 fully saturated rings. The largest absolute Gasteiger partial charge is 0.384 e. The lowest BCUT2D eigenvalue weighted by molar-refractivity contribution is 0.350. The molecule has 0 unspecified atom stereocenters. The van der Waals surface area contributed by atoms with Crippen LogP contribution in [0.1, 0.15) is 0 Å². The first-order chi connectivity index (χ1) is 5.41. The van der Waals surface area contributed by atoms with Gasteiger partial charge in [0, 0.05) is 0 Å². The van der Waals surface area contributed by atoms with Crippen LogP contribution >= 0.6 is 11.8 Å². The van der Waals surface area contributed by atoms with E-state index in [2.05, 4.69) is 23.7 Å². The van der Waals surface area contributed by atoms with E-state index in [9.17, 15) is 0 Å². The summed E-state index contributed by atoms with van der Waals surface area (Å²) in [7, 11) is 0. The molecule has 0 aliphatic heterocycles. The minimum atomic E-state index is -0.0805. The van der Waals surface area contributed by atoms with Gasteiger partial charge >= 0.3 is 0 Å². The molecular formula is C8H10O2S. The van der Waals surface area contributed by atoms with Gasteiger partial charge in [0.05, 0.1) is 11.5 Å². The Morgan fingerprint density at radius 3 is 1.64 bits per heavy atom. The third-order valence-electron chi connectivity index (χ3n) is 0.757. The minimum Gasteiger partial charge on any atom is -0.384 e. The first-order valence-electron chi connectivity index (χ1n) is 3.12. The van der Waals surface area contributed by atoms with Crippen LogP contribution in [-0.4, -0.2) is 34.9 Å². The van der Waals surface area contributed by atoms with Crippen LogP contribution in [0.5, 0.6) is 0 Å². The lowest BCUT2D eigenvalue weighted by Gasteiger charge is -1.83. The Bertz CT molecular complexity index is 170. The molecule has 0 aliphatic rings. The molecule has 0 saturated heterocycles. The Kier molecular flexibility index (Phi) is 8.87. The Labute approximate surface area is 71.0 Å². The van der Waals surface area contributed by atoms with Crippen molar-refractivity contribution in [1.82, 2.24) is 0 Å². The molecule has 60 valence electrons. The summed E-state index contributed by atoms with van der Waals surface area (Å²) >= 11 is 1.56. The van der Waals surface area contributed by atoms with Gasteiger partial charge in [-0.2, -0.15) is 0 Å². The Morgan fingerprint density at radius 1 is 0.818 bits per heavy atom. The van der Waals surface area contributed by atoms with E-state index in [4.69, 9.17) is 10.2 Å². The lowest BCUT2D eigenvalue weighted by Crippen LogP contribution is -1.79. The van der Waals surface area contributed by atoms with E-state index >= 15 is 0 Å². The number of hydrogen-bond donors (Lipinski definition) is 2. The molecule has 3 heteroatoms. The molecular weight excluding hydrogens is 160 g/mol. The molecule has 0 spiro atoms. The minimum absolute atomic E-state index is 0.0805. The number of aliphatic hydroxyl groups is 2. The van der Waals surface area contributed by atoms with Crippen LogP contribution in [0.4, 0.5) is 0 Å².